The van der Waals surface area contributed by atoms with E-state index in [1.54, 1.807) is 0 Å². The van der Waals surface area contributed by atoms with E-state index < -0.39 is 0 Å². The predicted molar refractivity (Wildman–Crippen MR) is 117 cm³/mol. The minimum atomic E-state index is -0.167. The lowest BCUT2D eigenvalue weighted by molar-refractivity contribution is 0.143. The number of hydrogen-bond acceptors (Lipinski definition) is 4. The first-order chi connectivity index (χ1) is 15.1. The molecule has 31 heavy (non-hydrogen) atoms. The largest absolute Gasteiger partial charge is 0.486 e. The zero-order chi connectivity index (χ0) is 21.2. The highest BCUT2D eigenvalue weighted by Gasteiger charge is 2.28. The number of rotatable bonds is 6. The van der Waals surface area contributed by atoms with Crippen LogP contribution in [0.25, 0.3) is 10.8 Å². The number of hydrogen-bond donors (Lipinski definition) is 1. The Morgan fingerprint density at radius 3 is 2.45 bits per heavy atom. The van der Waals surface area contributed by atoms with Crippen molar-refractivity contribution in [2.45, 2.75) is 38.3 Å². The van der Waals surface area contributed by atoms with Crippen molar-refractivity contribution in [3.63, 3.8) is 0 Å². The Balaban J connectivity index is 1.13. The summed E-state index contributed by atoms with van der Waals surface area (Å²) in [7, 11) is 0. The number of fused-ring (bicyclic) bond motifs is 1. The molecule has 1 aliphatic carbocycles. The third-order valence-electron chi connectivity index (χ3n) is 6.08. The summed E-state index contributed by atoms with van der Waals surface area (Å²) in [4.78, 5) is 26.5. The summed E-state index contributed by atoms with van der Waals surface area (Å²) >= 11 is 0. The standard InChI is InChI=1S/C24H27N3O4/c28-22-11-21(14-26-12-18-3-1-2-4-19(18)13-26)30-16-23(22)31-15-17-7-9-27(10-8-17)24(29)25-20-5-6-20/h1-4,11-13,16-17,20H,5-10,14-15H2,(H,25,29). The summed E-state index contributed by atoms with van der Waals surface area (Å²) in [6, 6.07) is 10.1. The molecule has 5 rings (SSSR count). The molecule has 0 radical (unpaired) electrons. The molecule has 1 saturated carbocycles. The predicted octanol–water partition coefficient (Wildman–Crippen LogP) is 3.61. The molecule has 1 aliphatic heterocycles. The van der Waals surface area contributed by atoms with Gasteiger partial charge in [0.1, 0.15) is 12.0 Å². The van der Waals surface area contributed by atoms with Gasteiger partial charge in [-0.05, 0) is 42.4 Å². The average molecular weight is 421 g/mol. The number of amides is 2. The monoisotopic (exact) mass is 421 g/mol. The van der Waals surface area contributed by atoms with Crippen LogP contribution >= 0.6 is 0 Å². The highest BCUT2D eigenvalue weighted by molar-refractivity contribution is 5.82. The van der Waals surface area contributed by atoms with Gasteiger partial charge < -0.3 is 23.9 Å². The van der Waals surface area contributed by atoms with E-state index in [0.717, 1.165) is 49.5 Å². The molecule has 2 amide bonds. The van der Waals surface area contributed by atoms with Gasteiger partial charge in [-0.2, -0.15) is 0 Å². The van der Waals surface area contributed by atoms with Crippen LogP contribution in [0.2, 0.25) is 0 Å². The molecule has 2 aliphatic rings. The van der Waals surface area contributed by atoms with Crippen LogP contribution in [-0.4, -0.2) is 41.2 Å². The fourth-order valence-corrected chi connectivity index (χ4v) is 4.04. The van der Waals surface area contributed by atoms with Crippen LogP contribution in [0, 0.1) is 5.92 Å². The van der Waals surface area contributed by atoms with Crippen molar-refractivity contribution >= 4 is 16.8 Å². The van der Waals surface area contributed by atoms with Crippen molar-refractivity contribution in [3.8, 4) is 5.75 Å². The quantitative estimate of drug-likeness (QED) is 0.660. The molecule has 162 valence electrons. The first kappa shape index (κ1) is 19.7. The van der Waals surface area contributed by atoms with Crippen molar-refractivity contribution < 1.29 is 13.9 Å². The van der Waals surface area contributed by atoms with Crippen molar-refractivity contribution in [1.29, 1.82) is 0 Å². The second-order valence-corrected chi connectivity index (χ2v) is 8.60. The second-order valence-electron chi connectivity index (χ2n) is 8.60. The number of likely N-dealkylation sites (tertiary alicyclic amines) is 1. The van der Waals surface area contributed by atoms with Crippen LogP contribution in [0.15, 0.2) is 58.2 Å². The molecule has 1 N–H and O–H groups in total. The van der Waals surface area contributed by atoms with Crippen molar-refractivity contribution in [2.75, 3.05) is 19.7 Å². The molecule has 1 saturated heterocycles. The van der Waals surface area contributed by atoms with Gasteiger partial charge in [-0.3, -0.25) is 4.79 Å². The van der Waals surface area contributed by atoms with Crippen molar-refractivity contribution in [3.05, 3.63) is 65.0 Å². The van der Waals surface area contributed by atoms with Gasteiger partial charge in [0.15, 0.2) is 0 Å². The summed E-state index contributed by atoms with van der Waals surface area (Å²) in [5.74, 6) is 1.17. The molecular weight excluding hydrogens is 394 g/mol. The second kappa shape index (κ2) is 8.49. The minimum absolute atomic E-state index is 0.0497. The van der Waals surface area contributed by atoms with Crippen molar-refractivity contribution in [2.24, 2.45) is 5.92 Å². The Labute approximate surface area is 180 Å². The number of piperidine rings is 1. The zero-order valence-corrected chi connectivity index (χ0v) is 17.5. The lowest BCUT2D eigenvalue weighted by Gasteiger charge is -2.31. The van der Waals surface area contributed by atoms with E-state index in [1.807, 2.05) is 34.0 Å². The molecule has 2 fully saturated rings. The Morgan fingerprint density at radius 2 is 1.81 bits per heavy atom. The van der Waals surface area contributed by atoms with Gasteiger partial charge in [0.05, 0.1) is 13.2 Å². The van der Waals surface area contributed by atoms with Gasteiger partial charge >= 0.3 is 6.03 Å². The van der Waals surface area contributed by atoms with Crippen LogP contribution in [0.5, 0.6) is 5.75 Å². The van der Waals surface area contributed by atoms with Crippen LogP contribution in [0.1, 0.15) is 31.4 Å². The van der Waals surface area contributed by atoms with E-state index in [9.17, 15) is 9.59 Å². The number of ether oxygens (including phenoxy) is 1. The minimum Gasteiger partial charge on any atom is -0.486 e. The fourth-order valence-electron chi connectivity index (χ4n) is 4.04. The number of nitrogens with zero attached hydrogens (tertiary/aromatic N) is 2. The number of urea groups is 1. The first-order valence-electron chi connectivity index (χ1n) is 11.0. The first-order valence-corrected chi connectivity index (χ1v) is 11.0. The topological polar surface area (TPSA) is 76.7 Å². The molecular formula is C24H27N3O4. The van der Waals surface area contributed by atoms with E-state index in [1.165, 1.54) is 12.3 Å². The Morgan fingerprint density at radius 1 is 1.10 bits per heavy atom. The third-order valence-corrected chi connectivity index (χ3v) is 6.08. The Kier molecular flexibility index (Phi) is 5.40. The lowest BCUT2D eigenvalue weighted by atomic mass is 9.98. The number of carbonyl (C=O) groups is 1. The Bertz CT molecular complexity index is 1090. The lowest BCUT2D eigenvalue weighted by Crippen LogP contribution is -2.45. The van der Waals surface area contributed by atoms with E-state index in [2.05, 4.69) is 17.4 Å². The molecule has 7 heteroatoms. The summed E-state index contributed by atoms with van der Waals surface area (Å²) in [6.45, 7) is 2.41. The van der Waals surface area contributed by atoms with E-state index in [4.69, 9.17) is 9.15 Å². The van der Waals surface area contributed by atoms with Gasteiger partial charge in [-0.15, -0.1) is 0 Å². The van der Waals surface area contributed by atoms with Crippen LogP contribution in [-0.2, 0) is 6.54 Å². The van der Waals surface area contributed by atoms with E-state index >= 15 is 0 Å². The number of aromatic nitrogens is 1. The Hall–Kier alpha value is -3.22. The molecule has 3 aromatic rings. The van der Waals surface area contributed by atoms with Gasteiger partial charge in [0.25, 0.3) is 0 Å². The highest BCUT2D eigenvalue weighted by atomic mass is 16.5. The van der Waals surface area contributed by atoms with Crippen LogP contribution in [0.4, 0.5) is 4.79 Å². The summed E-state index contributed by atoms with van der Waals surface area (Å²) in [5.41, 5.74) is -0.167. The highest BCUT2D eigenvalue weighted by Crippen LogP contribution is 2.22. The van der Waals surface area contributed by atoms with Gasteiger partial charge in [-0.1, -0.05) is 24.3 Å². The number of benzene rings is 1. The summed E-state index contributed by atoms with van der Waals surface area (Å²) in [6.07, 6.45) is 9.44. The smallest absolute Gasteiger partial charge is 0.317 e. The summed E-state index contributed by atoms with van der Waals surface area (Å²) < 4.78 is 13.4. The number of nitrogens with one attached hydrogen (secondary N) is 1. The van der Waals surface area contributed by atoms with Crippen LogP contribution in [0.3, 0.4) is 0 Å². The molecule has 3 heterocycles. The summed E-state index contributed by atoms with van der Waals surface area (Å²) in [5, 5.41) is 5.34. The van der Waals surface area contributed by atoms with Crippen molar-refractivity contribution in [1.82, 2.24) is 14.8 Å². The molecule has 0 spiro atoms. The van der Waals surface area contributed by atoms with Gasteiger partial charge in [0.2, 0.25) is 11.2 Å². The van der Waals surface area contributed by atoms with E-state index in [0.29, 0.717) is 30.9 Å². The van der Waals surface area contributed by atoms with Gasteiger partial charge in [-0.25, -0.2) is 4.79 Å². The molecule has 0 atom stereocenters. The third kappa shape index (κ3) is 4.76. The SMILES string of the molecule is O=C(NC1CC1)N1CCC(COc2coc(Cn3cc4ccccc4c3)cc2=O)CC1. The van der Waals surface area contributed by atoms with E-state index in [-0.39, 0.29) is 17.2 Å². The normalized spacial score (nSPS) is 17.1. The molecule has 0 bridgehead atoms. The van der Waals surface area contributed by atoms with Gasteiger partial charge in [0, 0.05) is 37.6 Å². The number of carbonyl (C=O) groups excluding carboxylic acids is 1. The average Bonchev–Trinajstić information content (AvgIpc) is 3.49. The maximum atomic E-state index is 12.5. The fraction of sp³-hybridized carbons (Fsp3) is 0.417. The molecule has 7 nitrogen and oxygen atoms in total. The zero-order valence-electron chi connectivity index (χ0n) is 17.5. The molecule has 2 aromatic heterocycles. The maximum absolute atomic E-state index is 12.5. The molecule has 0 unspecified atom stereocenters. The van der Waals surface area contributed by atoms with Crippen LogP contribution < -0.4 is 15.5 Å². The maximum Gasteiger partial charge on any atom is 0.317 e. The molecule has 1 aromatic carbocycles.